The lowest BCUT2D eigenvalue weighted by atomic mass is 10.1. The summed E-state index contributed by atoms with van der Waals surface area (Å²) in [4.78, 5) is 16.1. The van der Waals surface area contributed by atoms with E-state index in [0.29, 0.717) is 22.8 Å². The maximum absolute atomic E-state index is 12.1. The summed E-state index contributed by atoms with van der Waals surface area (Å²) in [5.41, 5.74) is 9.01. The average molecular weight is 245 g/mol. The number of pyridine rings is 1. The highest BCUT2D eigenvalue weighted by Gasteiger charge is 2.14. The molecule has 0 aromatic carbocycles. The van der Waals surface area contributed by atoms with Gasteiger partial charge in [-0.3, -0.25) is 14.9 Å². The summed E-state index contributed by atoms with van der Waals surface area (Å²) in [6.45, 7) is 5.54. The summed E-state index contributed by atoms with van der Waals surface area (Å²) in [5, 5.41) is 9.58. The molecule has 0 aliphatic heterocycles. The molecular weight excluding hydrogens is 230 g/mol. The van der Waals surface area contributed by atoms with Crippen LogP contribution in [-0.2, 0) is 0 Å². The number of aromatic nitrogens is 3. The Morgan fingerprint density at radius 2 is 2.11 bits per heavy atom. The first-order chi connectivity index (χ1) is 8.49. The number of nitrogen functional groups attached to an aromatic ring is 1. The second kappa shape index (κ2) is 4.48. The zero-order valence-corrected chi connectivity index (χ0v) is 10.5. The van der Waals surface area contributed by atoms with Crippen LogP contribution in [0.3, 0.4) is 0 Å². The number of amides is 1. The molecule has 2 heterocycles. The molecule has 0 unspecified atom stereocenters. The second-order valence-electron chi connectivity index (χ2n) is 4.18. The summed E-state index contributed by atoms with van der Waals surface area (Å²) < 4.78 is 0. The summed E-state index contributed by atoms with van der Waals surface area (Å²) in [6, 6.07) is 1.60. The van der Waals surface area contributed by atoms with Crippen molar-refractivity contribution >= 4 is 17.4 Å². The molecule has 2 aromatic rings. The number of hydrogen-bond donors (Lipinski definition) is 3. The fourth-order valence-electron chi connectivity index (χ4n) is 1.56. The minimum absolute atomic E-state index is 0.262. The molecular formula is C12H15N5O. The van der Waals surface area contributed by atoms with Crippen LogP contribution in [0.25, 0.3) is 0 Å². The van der Waals surface area contributed by atoms with Gasteiger partial charge < -0.3 is 11.1 Å². The van der Waals surface area contributed by atoms with Gasteiger partial charge in [-0.1, -0.05) is 0 Å². The van der Waals surface area contributed by atoms with Crippen molar-refractivity contribution in [1.82, 2.24) is 15.2 Å². The smallest absolute Gasteiger partial charge is 0.258 e. The van der Waals surface area contributed by atoms with Crippen LogP contribution in [0.15, 0.2) is 12.3 Å². The number of aromatic amines is 1. The highest BCUT2D eigenvalue weighted by Crippen LogP contribution is 2.16. The van der Waals surface area contributed by atoms with Crippen LogP contribution in [0.2, 0.25) is 0 Å². The Morgan fingerprint density at radius 1 is 1.39 bits per heavy atom. The molecule has 4 N–H and O–H groups in total. The van der Waals surface area contributed by atoms with Crippen LogP contribution >= 0.6 is 0 Å². The van der Waals surface area contributed by atoms with Crippen LogP contribution in [-0.4, -0.2) is 21.1 Å². The van der Waals surface area contributed by atoms with Gasteiger partial charge in [0.05, 0.1) is 23.1 Å². The number of carbonyl (C=O) groups is 1. The van der Waals surface area contributed by atoms with Crippen LogP contribution in [0.5, 0.6) is 0 Å². The van der Waals surface area contributed by atoms with E-state index in [0.717, 1.165) is 11.3 Å². The van der Waals surface area contributed by atoms with Crippen molar-refractivity contribution in [3.05, 3.63) is 34.8 Å². The largest absolute Gasteiger partial charge is 0.397 e. The van der Waals surface area contributed by atoms with Crippen molar-refractivity contribution in [1.29, 1.82) is 0 Å². The van der Waals surface area contributed by atoms with E-state index >= 15 is 0 Å². The summed E-state index contributed by atoms with van der Waals surface area (Å²) >= 11 is 0. The summed E-state index contributed by atoms with van der Waals surface area (Å²) in [5.74, 6) is 0.265. The Balaban J connectivity index is 2.27. The molecule has 0 atom stereocenters. The van der Waals surface area contributed by atoms with Gasteiger partial charge in [0.1, 0.15) is 0 Å². The Morgan fingerprint density at radius 3 is 2.72 bits per heavy atom. The molecule has 0 saturated heterocycles. The molecule has 0 bridgehead atoms. The number of H-pyrrole nitrogens is 1. The van der Waals surface area contributed by atoms with Gasteiger partial charge in [-0.2, -0.15) is 5.10 Å². The first-order valence-electron chi connectivity index (χ1n) is 5.54. The number of hydrogen-bond acceptors (Lipinski definition) is 4. The Hall–Kier alpha value is -2.37. The number of carbonyl (C=O) groups excluding carboxylic acids is 1. The second-order valence-corrected chi connectivity index (χ2v) is 4.18. The summed E-state index contributed by atoms with van der Waals surface area (Å²) in [6.07, 6.45) is 1.52. The predicted molar refractivity (Wildman–Crippen MR) is 69.4 cm³/mol. The molecule has 18 heavy (non-hydrogen) atoms. The van der Waals surface area contributed by atoms with Gasteiger partial charge in [-0.15, -0.1) is 0 Å². The van der Waals surface area contributed by atoms with Gasteiger partial charge in [-0.25, -0.2) is 0 Å². The summed E-state index contributed by atoms with van der Waals surface area (Å²) in [7, 11) is 0. The number of rotatable bonds is 2. The van der Waals surface area contributed by atoms with E-state index in [1.54, 1.807) is 13.0 Å². The highest BCUT2D eigenvalue weighted by atomic mass is 16.1. The first kappa shape index (κ1) is 12.1. The third-order valence-electron chi connectivity index (χ3n) is 2.84. The minimum Gasteiger partial charge on any atom is -0.397 e. The quantitative estimate of drug-likeness (QED) is 0.748. The molecule has 0 aliphatic rings. The maximum atomic E-state index is 12.1. The molecule has 0 radical (unpaired) electrons. The van der Waals surface area contributed by atoms with E-state index in [2.05, 4.69) is 20.5 Å². The van der Waals surface area contributed by atoms with Crippen molar-refractivity contribution in [2.45, 2.75) is 20.8 Å². The Bertz CT molecular complexity index is 603. The number of nitrogens with two attached hydrogens (primary N) is 1. The predicted octanol–water partition coefficient (Wildman–Crippen LogP) is 1.56. The van der Waals surface area contributed by atoms with Crippen molar-refractivity contribution in [3.63, 3.8) is 0 Å². The lowest BCUT2D eigenvalue weighted by molar-refractivity contribution is 0.102. The standard InChI is InChI=1S/C12H15N5O/c1-6-7(2)16-17-11(6)15-12(18)10-4-9(13)5-14-8(10)3/h4-5H,13H2,1-3H3,(H2,15,16,17,18). The van der Waals surface area contributed by atoms with Crippen molar-refractivity contribution in [2.75, 3.05) is 11.1 Å². The lowest BCUT2D eigenvalue weighted by Crippen LogP contribution is -2.15. The van der Waals surface area contributed by atoms with Crippen LogP contribution in [0.1, 0.15) is 27.3 Å². The SMILES string of the molecule is Cc1ncc(N)cc1C(=O)Nc1n[nH]c(C)c1C. The topological polar surface area (TPSA) is 96.7 Å². The van der Waals surface area contributed by atoms with Gasteiger partial charge in [0, 0.05) is 11.3 Å². The monoisotopic (exact) mass is 245 g/mol. The van der Waals surface area contributed by atoms with E-state index in [-0.39, 0.29) is 5.91 Å². The number of nitrogens with zero attached hydrogens (tertiary/aromatic N) is 2. The fraction of sp³-hybridized carbons (Fsp3) is 0.250. The van der Waals surface area contributed by atoms with E-state index in [1.165, 1.54) is 6.20 Å². The molecule has 2 aromatic heterocycles. The molecule has 2 rings (SSSR count). The first-order valence-corrected chi connectivity index (χ1v) is 5.54. The molecule has 0 fully saturated rings. The van der Waals surface area contributed by atoms with E-state index in [1.807, 2.05) is 13.8 Å². The Kier molecular flexibility index (Phi) is 3.01. The van der Waals surface area contributed by atoms with E-state index in [9.17, 15) is 4.79 Å². The zero-order valence-electron chi connectivity index (χ0n) is 10.5. The zero-order chi connectivity index (χ0) is 13.3. The average Bonchev–Trinajstić information content (AvgIpc) is 2.64. The molecule has 94 valence electrons. The van der Waals surface area contributed by atoms with E-state index < -0.39 is 0 Å². The van der Waals surface area contributed by atoms with E-state index in [4.69, 9.17) is 5.73 Å². The molecule has 0 spiro atoms. The molecule has 6 heteroatoms. The fourth-order valence-corrected chi connectivity index (χ4v) is 1.56. The van der Waals surface area contributed by atoms with Gasteiger partial charge in [0.15, 0.2) is 5.82 Å². The van der Waals surface area contributed by atoms with Gasteiger partial charge in [-0.05, 0) is 26.8 Å². The van der Waals surface area contributed by atoms with Crippen molar-refractivity contribution in [3.8, 4) is 0 Å². The Labute approximate surface area is 105 Å². The van der Waals surface area contributed by atoms with Crippen LogP contribution in [0, 0.1) is 20.8 Å². The maximum Gasteiger partial charge on any atom is 0.258 e. The minimum atomic E-state index is -0.262. The van der Waals surface area contributed by atoms with Gasteiger partial charge in [0.25, 0.3) is 5.91 Å². The third-order valence-corrected chi connectivity index (χ3v) is 2.84. The van der Waals surface area contributed by atoms with Gasteiger partial charge in [0.2, 0.25) is 0 Å². The van der Waals surface area contributed by atoms with Crippen molar-refractivity contribution in [2.24, 2.45) is 0 Å². The number of aryl methyl sites for hydroxylation is 2. The van der Waals surface area contributed by atoms with Crippen molar-refractivity contribution < 1.29 is 4.79 Å². The molecule has 6 nitrogen and oxygen atoms in total. The number of nitrogens with one attached hydrogen (secondary N) is 2. The van der Waals surface area contributed by atoms with Crippen LogP contribution in [0.4, 0.5) is 11.5 Å². The number of anilines is 2. The third kappa shape index (κ3) is 2.17. The molecule has 0 aliphatic carbocycles. The lowest BCUT2D eigenvalue weighted by Gasteiger charge is -2.06. The highest BCUT2D eigenvalue weighted by molar-refractivity contribution is 6.05. The molecule has 1 amide bonds. The van der Waals surface area contributed by atoms with Crippen LogP contribution < -0.4 is 11.1 Å². The normalized spacial score (nSPS) is 10.4. The molecule has 0 saturated carbocycles. The van der Waals surface area contributed by atoms with Gasteiger partial charge >= 0.3 is 0 Å².